The van der Waals surface area contributed by atoms with Gasteiger partial charge in [-0.1, -0.05) is 5.21 Å². The van der Waals surface area contributed by atoms with Crippen LogP contribution in [0.25, 0.3) is 0 Å². The van der Waals surface area contributed by atoms with Crippen LogP contribution in [-0.4, -0.2) is 61.2 Å². The molecule has 8 nitrogen and oxygen atoms in total. The van der Waals surface area contributed by atoms with Crippen molar-refractivity contribution in [3.05, 3.63) is 41.5 Å². The molecule has 0 aliphatic carbocycles. The fourth-order valence-corrected chi connectivity index (χ4v) is 3.29. The van der Waals surface area contributed by atoms with Crippen LogP contribution in [0.15, 0.2) is 24.5 Å². The predicted molar refractivity (Wildman–Crippen MR) is 88.9 cm³/mol. The lowest BCUT2D eigenvalue weighted by Gasteiger charge is -2.38. The number of amides is 2. The molecule has 2 fully saturated rings. The molecule has 0 saturated carbocycles. The normalized spacial score (nSPS) is 17.9. The first-order valence-electron chi connectivity index (χ1n) is 8.82. The summed E-state index contributed by atoms with van der Waals surface area (Å²) < 4.78 is 39.3. The number of aromatic nitrogens is 4. The molecule has 148 valence electrons. The molecule has 4 heterocycles. The molecule has 0 unspecified atom stereocenters. The van der Waals surface area contributed by atoms with E-state index in [4.69, 9.17) is 0 Å². The van der Waals surface area contributed by atoms with Crippen LogP contribution in [0, 0.1) is 0 Å². The molecule has 2 saturated heterocycles. The van der Waals surface area contributed by atoms with Crippen LogP contribution >= 0.6 is 0 Å². The Kier molecular flexibility index (Phi) is 4.52. The third-order valence-electron chi connectivity index (χ3n) is 4.91. The molecule has 2 aromatic rings. The minimum absolute atomic E-state index is 0.0538. The van der Waals surface area contributed by atoms with E-state index in [1.165, 1.54) is 4.90 Å². The van der Waals surface area contributed by atoms with Crippen molar-refractivity contribution in [2.75, 3.05) is 19.6 Å². The van der Waals surface area contributed by atoms with E-state index in [1.54, 1.807) is 15.8 Å². The van der Waals surface area contributed by atoms with Crippen LogP contribution in [0.1, 0.15) is 40.6 Å². The lowest BCUT2D eigenvalue weighted by Crippen LogP contribution is -2.50. The number of alkyl halides is 3. The molecule has 28 heavy (non-hydrogen) atoms. The molecule has 2 aliphatic heterocycles. The van der Waals surface area contributed by atoms with Crippen molar-refractivity contribution in [2.45, 2.75) is 31.6 Å². The SMILES string of the molecule is O=C1CCCN1Cc1cn(C2CN(C(=O)c3ccc(C(F)(F)F)nc3)C2)nn1. The molecule has 2 aliphatic rings. The van der Waals surface area contributed by atoms with Crippen molar-refractivity contribution in [1.82, 2.24) is 29.8 Å². The highest BCUT2D eigenvalue weighted by atomic mass is 19.4. The second-order valence-corrected chi connectivity index (χ2v) is 6.90. The summed E-state index contributed by atoms with van der Waals surface area (Å²) in [7, 11) is 0. The predicted octanol–water partition coefficient (Wildman–Crippen LogP) is 1.51. The van der Waals surface area contributed by atoms with Crippen molar-refractivity contribution in [3.8, 4) is 0 Å². The lowest BCUT2D eigenvalue weighted by atomic mass is 10.1. The number of carbonyl (C=O) groups is 2. The third kappa shape index (κ3) is 3.56. The Hall–Kier alpha value is -2.98. The first-order chi connectivity index (χ1) is 13.3. The van der Waals surface area contributed by atoms with Crippen LogP contribution in [0.4, 0.5) is 13.2 Å². The summed E-state index contributed by atoms with van der Waals surface area (Å²) in [6, 6.07) is 1.88. The van der Waals surface area contributed by atoms with Gasteiger partial charge in [0.2, 0.25) is 5.91 Å². The molecule has 0 atom stereocenters. The molecule has 4 rings (SSSR count). The van der Waals surface area contributed by atoms with Crippen LogP contribution in [0.5, 0.6) is 0 Å². The van der Waals surface area contributed by atoms with E-state index in [2.05, 4.69) is 15.3 Å². The van der Waals surface area contributed by atoms with Crippen molar-refractivity contribution in [2.24, 2.45) is 0 Å². The van der Waals surface area contributed by atoms with E-state index < -0.39 is 11.9 Å². The third-order valence-corrected chi connectivity index (χ3v) is 4.91. The zero-order chi connectivity index (χ0) is 19.9. The van der Waals surface area contributed by atoms with Gasteiger partial charge in [0.15, 0.2) is 0 Å². The Bertz CT molecular complexity index is 889. The zero-order valence-electron chi connectivity index (χ0n) is 14.8. The molecule has 0 N–H and O–H groups in total. The summed E-state index contributed by atoms with van der Waals surface area (Å²) in [6.45, 7) is 1.90. The number of carbonyl (C=O) groups excluding carboxylic acids is 2. The number of likely N-dealkylation sites (tertiary alicyclic amines) is 2. The minimum Gasteiger partial charge on any atom is -0.337 e. The summed E-state index contributed by atoms with van der Waals surface area (Å²) in [4.78, 5) is 30.6. The number of pyridine rings is 1. The van der Waals surface area contributed by atoms with E-state index in [0.717, 1.165) is 31.3 Å². The highest BCUT2D eigenvalue weighted by molar-refractivity contribution is 5.94. The molecule has 2 aromatic heterocycles. The average Bonchev–Trinajstić information content (AvgIpc) is 3.23. The van der Waals surface area contributed by atoms with Crippen molar-refractivity contribution in [3.63, 3.8) is 0 Å². The van der Waals surface area contributed by atoms with Crippen molar-refractivity contribution >= 4 is 11.8 Å². The molecule has 0 radical (unpaired) electrons. The summed E-state index contributed by atoms with van der Waals surface area (Å²) in [5.41, 5.74) is -0.234. The average molecular weight is 394 g/mol. The maximum atomic E-state index is 12.6. The second kappa shape index (κ2) is 6.88. The molecular weight excluding hydrogens is 377 g/mol. The zero-order valence-corrected chi connectivity index (χ0v) is 14.8. The Morgan fingerprint density at radius 1 is 1.25 bits per heavy atom. The first kappa shape index (κ1) is 18.4. The van der Waals surface area contributed by atoms with Gasteiger partial charge in [-0.15, -0.1) is 5.10 Å². The Balaban J connectivity index is 1.33. The van der Waals surface area contributed by atoms with Gasteiger partial charge in [0.1, 0.15) is 11.4 Å². The quantitative estimate of drug-likeness (QED) is 0.785. The number of rotatable bonds is 4. The molecule has 11 heteroatoms. The van der Waals surface area contributed by atoms with E-state index in [0.29, 0.717) is 31.7 Å². The first-order valence-corrected chi connectivity index (χ1v) is 8.82. The molecule has 0 spiro atoms. The van der Waals surface area contributed by atoms with Gasteiger partial charge in [-0.25, -0.2) is 4.68 Å². The van der Waals surface area contributed by atoms with Gasteiger partial charge in [-0.2, -0.15) is 13.2 Å². The summed E-state index contributed by atoms with van der Waals surface area (Å²) >= 11 is 0. The monoisotopic (exact) mass is 394 g/mol. The Labute approximate surface area is 157 Å². The maximum Gasteiger partial charge on any atom is 0.433 e. The largest absolute Gasteiger partial charge is 0.433 e. The van der Waals surface area contributed by atoms with E-state index in [9.17, 15) is 22.8 Å². The summed E-state index contributed by atoms with van der Waals surface area (Å²) in [5.74, 6) is -0.263. The van der Waals surface area contributed by atoms with E-state index >= 15 is 0 Å². The smallest absolute Gasteiger partial charge is 0.337 e. The van der Waals surface area contributed by atoms with Crippen LogP contribution < -0.4 is 0 Å². The highest BCUT2D eigenvalue weighted by Gasteiger charge is 2.35. The molecule has 0 bridgehead atoms. The number of hydrogen-bond acceptors (Lipinski definition) is 5. The molecule has 2 amide bonds. The summed E-state index contributed by atoms with van der Waals surface area (Å²) in [5, 5.41) is 8.14. The Morgan fingerprint density at radius 3 is 2.64 bits per heavy atom. The Morgan fingerprint density at radius 2 is 2.04 bits per heavy atom. The standard InChI is InChI=1S/C17H17F3N6O2/c18-17(19,20)14-4-3-11(6-21-14)16(28)25-9-13(10-25)26-8-12(22-23-26)7-24-5-1-2-15(24)27/h3-4,6,8,13H,1-2,5,7,9-10H2. The fraction of sp³-hybridized carbons (Fsp3) is 0.471. The van der Waals surface area contributed by atoms with Crippen LogP contribution in [0.3, 0.4) is 0 Å². The van der Waals surface area contributed by atoms with E-state index in [1.807, 2.05) is 0 Å². The number of nitrogens with zero attached hydrogens (tertiary/aromatic N) is 6. The lowest BCUT2D eigenvalue weighted by molar-refractivity contribution is -0.141. The highest BCUT2D eigenvalue weighted by Crippen LogP contribution is 2.28. The van der Waals surface area contributed by atoms with Crippen LogP contribution in [0.2, 0.25) is 0 Å². The van der Waals surface area contributed by atoms with Gasteiger partial charge in [0, 0.05) is 32.3 Å². The minimum atomic E-state index is -4.53. The van der Waals surface area contributed by atoms with Gasteiger partial charge in [0.05, 0.1) is 24.3 Å². The van der Waals surface area contributed by atoms with Gasteiger partial charge in [-0.3, -0.25) is 14.6 Å². The van der Waals surface area contributed by atoms with Gasteiger partial charge in [0.25, 0.3) is 5.91 Å². The van der Waals surface area contributed by atoms with Crippen molar-refractivity contribution < 1.29 is 22.8 Å². The van der Waals surface area contributed by atoms with Gasteiger partial charge < -0.3 is 9.80 Å². The van der Waals surface area contributed by atoms with Crippen LogP contribution in [-0.2, 0) is 17.5 Å². The molecular formula is C17H17F3N6O2. The second-order valence-electron chi connectivity index (χ2n) is 6.90. The van der Waals surface area contributed by atoms with Crippen molar-refractivity contribution in [1.29, 1.82) is 0 Å². The topological polar surface area (TPSA) is 84.2 Å². The van der Waals surface area contributed by atoms with Gasteiger partial charge >= 0.3 is 6.18 Å². The van der Waals surface area contributed by atoms with Gasteiger partial charge in [-0.05, 0) is 18.6 Å². The number of halogens is 3. The van der Waals surface area contributed by atoms with E-state index in [-0.39, 0.29) is 23.4 Å². The molecule has 0 aromatic carbocycles. The fourth-order valence-electron chi connectivity index (χ4n) is 3.29. The summed E-state index contributed by atoms with van der Waals surface area (Å²) in [6.07, 6.45) is -0.414. The maximum absolute atomic E-state index is 12.6. The number of hydrogen-bond donors (Lipinski definition) is 0.